The molecule has 0 radical (unpaired) electrons. The summed E-state index contributed by atoms with van der Waals surface area (Å²) in [6.07, 6.45) is 2.37. The van der Waals surface area contributed by atoms with Crippen LogP contribution in [0.3, 0.4) is 0 Å². The molecule has 4 nitrogen and oxygen atoms in total. The maximum absolute atomic E-state index is 8.32. The minimum absolute atomic E-state index is 0. The predicted molar refractivity (Wildman–Crippen MR) is 44.1 cm³/mol. The molecule has 1 saturated heterocycles. The van der Waals surface area contributed by atoms with Crippen LogP contribution in [-0.2, 0) is 4.65 Å². The Hall–Kier alpha value is 1.54. The molecule has 0 saturated carbocycles. The van der Waals surface area contributed by atoms with Crippen LogP contribution < -0.4 is 0 Å². The molecule has 1 aliphatic heterocycles. The van der Waals surface area contributed by atoms with Gasteiger partial charge in [0.15, 0.2) is 0 Å². The Morgan fingerprint density at radius 3 is 2.27 bits per heavy atom. The van der Waals surface area contributed by atoms with Crippen molar-refractivity contribution in [1.82, 2.24) is 4.90 Å². The molecule has 0 bridgehead atoms. The van der Waals surface area contributed by atoms with Crippen LogP contribution in [-0.4, -0.2) is 93.5 Å². The quantitative estimate of drug-likeness (QED) is 0.519. The molecular weight excluding hydrogens is 172 g/mol. The van der Waals surface area contributed by atoms with E-state index in [0.29, 0.717) is 6.73 Å². The Bertz CT molecular complexity index is 99.7. The Morgan fingerprint density at radius 1 is 1.27 bits per heavy atom. The zero-order valence-corrected chi connectivity index (χ0v) is 5.86. The Kier molecular flexibility index (Phi) is 7.97. The van der Waals surface area contributed by atoms with Gasteiger partial charge < -0.3 is 14.7 Å². The molecule has 0 aliphatic carbocycles. The van der Waals surface area contributed by atoms with E-state index in [1.54, 1.807) is 0 Å². The second-order valence-corrected chi connectivity index (χ2v) is 2.45. The summed E-state index contributed by atoms with van der Waals surface area (Å²) in [5.41, 5.74) is 0. The van der Waals surface area contributed by atoms with E-state index < -0.39 is 7.32 Å². The van der Waals surface area contributed by atoms with E-state index in [0.717, 1.165) is 13.1 Å². The van der Waals surface area contributed by atoms with Crippen molar-refractivity contribution in [3.8, 4) is 0 Å². The molecule has 1 heterocycles. The Morgan fingerprint density at radius 2 is 1.82 bits per heavy atom. The average Bonchev–Trinajstić information content (AvgIpc) is 2.34. The first-order valence-electron chi connectivity index (χ1n) is 3.49. The molecule has 0 aromatic heterocycles. The number of rotatable bonds is 3. The second-order valence-electron chi connectivity index (χ2n) is 2.45. The van der Waals surface area contributed by atoms with Gasteiger partial charge in [-0.3, -0.25) is 4.90 Å². The Labute approximate surface area is 110 Å². The topological polar surface area (TPSA) is 52.9 Å². The second kappa shape index (κ2) is 6.99. The van der Waals surface area contributed by atoms with Gasteiger partial charge in [-0.1, -0.05) is 0 Å². The monoisotopic (exact) mass is 185 g/mol. The van der Waals surface area contributed by atoms with E-state index in [1.165, 1.54) is 12.8 Å². The summed E-state index contributed by atoms with van der Waals surface area (Å²) in [5, 5.41) is 16.6. The molecule has 1 fully saturated rings. The van der Waals surface area contributed by atoms with Crippen LogP contribution in [0.2, 0.25) is 0 Å². The van der Waals surface area contributed by atoms with Gasteiger partial charge in [0.05, 0.1) is 6.73 Å². The standard InChI is InChI=1S/C5H12BNO3.K.H/c8-6(9)10-5-7-3-1-2-4-7;;/h8-9H,1-5H2;;. The molecule has 6 heteroatoms. The first-order valence-corrected chi connectivity index (χ1v) is 3.49. The Balaban J connectivity index is 0.000001000. The summed E-state index contributed by atoms with van der Waals surface area (Å²) in [6.45, 7) is 2.34. The first kappa shape index (κ1) is 12.5. The first-order chi connectivity index (χ1) is 4.79. The molecule has 11 heavy (non-hydrogen) atoms. The third kappa shape index (κ3) is 5.73. The molecule has 1 rings (SSSR count). The van der Waals surface area contributed by atoms with E-state index >= 15 is 0 Å². The van der Waals surface area contributed by atoms with Crippen molar-refractivity contribution in [2.75, 3.05) is 19.8 Å². The van der Waals surface area contributed by atoms with E-state index in [2.05, 4.69) is 4.65 Å². The van der Waals surface area contributed by atoms with E-state index in [4.69, 9.17) is 10.0 Å². The number of hydrogen-bond acceptors (Lipinski definition) is 4. The molecule has 1 aliphatic rings. The maximum atomic E-state index is 8.32. The summed E-state index contributed by atoms with van der Waals surface area (Å²) in [6, 6.07) is 0. The van der Waals surface area contributed by atoms with Crippen LogP contribution in [0.1, 0.15) is 12.8 Å². The van der Waals surface area contributed by atoms with Gasteiger partial charge in [0.2, 0.25) is 0 Å². The SMILES string of the molecule is OB(O)OCN1CCCC1.[KH]. The van der Waals surface area contributed by atoms with Crippen molar-refractivity contribution in [2.24, 2.45) is 0 Å². The molecule has 60 valence electrons. The summed E-state index contributed by atoms with van der Waals surface area (Å²) in [5.74, 6) is 0. The summed E-state index contributed by atoms with van der Waals surface area (Å²) in [7, 11) is -1.62. The van der Waals surface area contributed by atoms with Crippen molar-refractivity contribution in [3.05, 3.63) is 0 Å². The van der Waals surface area contributed by atoms with Crippen LogP contribution in [0.4, 0.5) is 0 Å². The zero-order chi connectivity index (χ0) is 7.40. The zero-order valence-electron chi connectivity index (χ0n) is 5.86. The predicted octanol–water partition coefficient (Wildman–Crippen LogP) is -1.62. The summed E-state index contributed by atoms with van der Waals surface area (Å²) < 4.78 is 4.56. The molecule has 0 aromatic carbocycles. The van der Waals surface area contributed by atoms with Crippen molar-refractivity contribution in [2.45, 2.75) is 12.8 Å². The van der Waals surface area contributed by atoms with Gasteiger partial charge in [-0.25, -0.2) is 0 Å². The van der Waals surface area contributed by atoms with Crippen molar-refractivity contribution < 1.29 is 14.7 Å². The molecule has 0 aromatic rings. The van der Waals surface area contributed by atoms with Crippen molar-refractivity contribution in [1.29, 1.82) is 0 Å². The van der Waals surface area contributed by atoms with Crippen LogP contribution in [0.25, 0.3) is 0 Å². The van der Waals surface area contributed by atoms with E-state index in [9.17, 15) is 0 Å². The van der Waals surface area contributed by atoms with Gasteiger partial charge in [-0.15, -0.1) is 0 Å². The number of hydrogen-bond donors (Lipinski definition) is 2. The number of nitrogens with zero attached hydrogens (tertiary/aromatic N) is 1. The molecule has 0 unspecified atom stereocenters. The minimum atomic E-state index is -1.62. The van der Waals surface area contributed by atoms with Crippen LogP contribution in [0.15, 0.2) is 0 Å². The molecule has 0 spiro atoms. The van der Waals surface area contributed by atoms with Gasteiger partial charge >= 0.3 is 58.7 Å². The number of likely N-dealkylation sites (tertiary alicyclic amines) is 1. The third-order valence-electron chi connectivity index (χ3n) is 1.60. The van der Waals surface area contributed by atoms with Crippen molar-refractivity contribution in [3.63, 3.8) is 0 Å². The van der Waals surface area contributed by atoms with Crippen LogP contribution in [0, 0.1) is 0 Å². The molecule has 0 atom stereocenters. The van der Waals surface area contributed by atoms with Gasteiger partial charge in [0.1, 0.15) is 0 Å². The van der Waals surface area contributed by atoms with Gasteiger partial charge in [-0.2, -0.15) is 0 Å². The summed E-state index contributed by atoms with van der Waals surface area (Å²) >= 11 is 0. The fourth-order valence-electron chi connectivity index (χ4n) is 1.08. The molecule has 2 N–H and O–H groups in total. The van der Waals surface area contributed by atoms with Gasteiger partial charge in [0, 0.05) is 13.1 Å². The molecule has 0 amide bonds. The van der Waals surface area contributed by atoms with Gasteiger partial charge in [-0.05, 0) is 12.8 Å². The average molecular weight is 185 g/mol. The fraction of sp³-hybridized carbons (Fsp3) is 1.00. The third-order valence-corrected chi connectivity index (χ3v) is 1.60. The van der Waals surface area contributed by atoms with Crippen LogP contribution in [0.5, 0.6) is 0 Å². The van der Waals surface area contributed by atoms with Crippen molar-refractivity contribution >= 4 is 58.7 Å². The fourth-order valence-corrected chi connectivity index (χ4v) is 1.08. The molecular formula is C5H13BKNO3. The van der Waals surface area contributed by atoms with E-state index in [-0.39, 0.29) is 51.4 Å². The van der Waals surface area contributed by atoms with E-state index in [1.807, 2.05) is 4.90 Å². The summed E-state index contributed by atoms with van der Waals surface area (Å²) in [4.78, 5) is 2.04. The van der Waals surface area contributed by atoms with Crippen LogP contribution >= 0.6 is 0 Å². The van der Waals surface area contributed by atoms with Gasteiger partial charge in [0.25, 0.3) is 0 Å². The normalized spacial score (nSPS) is 18.0.